The van der Waals surface area contributed by atoms with Gasteiger partial charge >= 0.3 is 0 Å². The van der Waals surface area contributed by atoms with Crippen molar-refractivity contribution in [3.8, 4) is 5.75 Å². The van der Waals surface area contributed by atoms with Crippen LogP contribution in [0.3, 0.4) is 0 Å². The van der Waals surface area contributed by atoms with Gasteiger partial charge in [0.25, 0.3) is 5.91 Å². The molecule has 1 aliphatic rings. The van der Waals surface area contributed by atoms with Gasteiger partial charge in [-0.1, -0.05) is 30.3 Å². The molecule has 0 bridgehead atoms. The van der Waals surface area contributed by atoms with Crippen molar-refractivity contribution in [3.63, 3.8) is 0 Å². The summed E-state index contributed by atoms with van der Waals surface area (Å²) >= 11 is 0. The fraction of sp³-hybridized carbons (Fsp3) is 0.174. The van der Waals surface area contributed by atoms with E-state index in [0.717, 1.165) is 16.9 Å². The number of para-hydroxylation sites is 1. The zero-order valence-corrected chi connectivity index (χ0v) is 16.2. The lowest BCUT2D eigenvalue weighted by molar-refractivity contribution is -0.122. The number of aromatic nitrogens is 1. The summed E-state index contributed by atoms with van der Waals surface area (Å²) < 4.78 is 5.57. The van der Waals surface area contributed by atoms with Gasteiger partial charge in [-0.15, -0.1) is 0 Å². The number of carbonyl (C=O) groups excluding carboxylic acids is 2. The number of pyridine rings is 1. The minimum absolute atomic E-state index is 0.108. The molecule has 2 heterocycles. The summed E-state index contributed by atoms with van der Waals surface area (Å²) in [6.45, 7) is 0.627. The number of ether oxygens (including phenoxy) is 1. The molecule has 0 spiro atoms. The van der Waals surface area contributed by atoms with Crippen LogP contribution in [0.25, 0.3) is 0 Å². The number of rotatable bonds is 6. The molecule has 3 aromatic rings. The molecule has 0 unspecified atom stereocenters. The Kier molecular flexibility index (Phi) is 5.72. The van der Waals surface area contributed by atoms with Crippen LogP contribution in [0.15, 0.2) is 73.1 Å². The summed E-state index contributed by atoms with van der Waals surface area (Å²) in [5.74, 6) is 0.105. The number of carbonyl (C=O) groups is 2. The second-order valence-electron chi connectivity index (χ2n) is 7.07. The summed E-state index contributed by atoms with van der Waals surface area (Å²) in [5.41, 5.74) is 9.16. The van der Waals surface area contributed by atoms with E-state index >= 15 is 0 Å². The number of hydrogen-bond donors (Lipinski definition) is 3. The molecule has 4 rings (SSSR count). The van der Waals surface area contributed by atoms with Gasteiger partial charge in [0.1, 0.15) is 18.3 Å². The van der Waals surface area contributed by atoms with Gasteiger partial charge in [-0.25, -0.2) is 0 Å². The molecule has 2 aromatic carbocycles. The molecule has 30 heavy (non-hydrogen) atoms. The zero-order valence-electron chi connectivity index (χ0n) is 16.2. The number of fused-ring (bicyclic) bond motifs is 1. The first-order valence-electron chi connectivity index (χ1n) is 9.68. The molecule has 2 atom stereocenters. The highest BCUT2D eigenvalue weighted by molar-refractivity contribution is 6.04. The molecule has 7 heteroatoms. The van der Waals surface area contributed by atoms with E-state index in [1.54, 1.807) is 48.8 Å². The Morgan fingerprint density at radius 3 is 2.57 bits per heavy atom. The Balaban J connectivity index is 1.32. The van der Waals surface area contributed by atoms with Crippen molar-refractivity contribution >= 4 is 17.5 Å². The van der Waals surface area contributed by atoms with Crippen molar-refractivity contribution in [1.82, 2.24) is 10.3 Å². The van der Waals surface area contributed by atoms with Gasteiger partial charge in [-0.05, 0) is 35.9 Å². The highest BCUT2D eigenvalue weighted by Crippen LogP contribution is 2.33. The van der Waals surface area contributed by atoms with E-state index in [1.165, 1.54) is 0 Å². The highest BCUT2D eigenvalue weighted by atomic mass is 16.5. The van der Waals surface area contributed by atoms with Crippen molar-refractivity contribution in [2.75, 3.05) is 18.5 Å². The third-order valence-corrected chi connectivity index (χ3v) is 5.05. The average molecular weight is 402 g/mol. The number of amides is 2. The topological polar surface area (TPSA) is 106 Å². The van der Waals surface area contributed by atoms with E-state index in [2.05, 4.69) is 15.6 Å². The summed E-state index contributed by atoms with van der Waals surface area (Å²) in [5, 5.41) is 5.71. The SMILES string of the molecule is N[C@@H](CNC(=O)[C@H]1COc2ccccc21)c1ccc(C(=O)Nc2ccncc2)cc1. The number of benzene rings is 2. The van der Waals surface area contributed by atoms with Crippen molar-refractivity contribution in [2.24, 2.45) is 5.73 Å². The van der Waals surface area contributed by atoms with Crippen LogP contribution < -0.4 is 21.1 Å². The van der Waals surface area contributed by atoms with E-state index in [1.807, 2.05) is 24.3 Å². The number of nitrogens with one attached hydrogen (secondary N) is 2. The van der Waals surface area contributed by atoms with Gasteiger partial charge in [-0.3, -0.25) is 14.6 Å². The van der Waals surface area contributed by atoms with Crippen molar-refractivity contribution in [1.29, 1.82) is 0 Å². The Bertz CT molecular complexity index is 1040. The monoisotopic (exact) mass is 402 g/mol. The highest BCUT2D eigenvalue weighted by Gasteiger charge is 2.30. The molecule has 152 valence electrons. The fourth-order valence-electron chi connectivity index (χ4n) is 3.35. The molecule has 0 fully saturated rings. The summed E-state index contributed by atoms with van der Waals surface area (Å²) in [6, 6.07) is 17.6. The molecular weight excluding hydrogens is 380 g/mol. The van der Waals surface area contributed by atoms with Crippen molar-refractivity contribution in [3.05, 3.63) is 89.7 Å². The maximum absolute atomic E-state index is 12.6. The first-order chi connectivity index (χ1) is 14.6. The van der Waals surface area contributed by atoms with Crippen LogP contribution in [0.1, 0.15) is 33.4 Å². The van der Waals surface area contributed by atoms with Crippen LogP contribution in [0.5, 0.6) is 5.75 Å². The summed E-state index contributed by atoms with van der Waals surface area (Å²) in [4.78, 5) is 28.8. The van der Waals surface area contributed by atoms with Gasteiger partial charge in [-0.2, -0.15) is 0 Å². The second kappa shape index (κ2) is 8.75. The predicted octanol–water partition coefficient (Wildman–Crippen LogP) is 2.63. The van der Waals surface area contributed by atoms with Gasteiger partial charge in [0.15, 0.2) is 0 Å². The van der Waals surface area contributed by atoms with Crippen LogP contribution in [0.4, 0.5) is 5.69 Å². The van der Waals surface area contributed by atoms with E-state index in [9.17, 15) is 9.59 Å². The molecule has 0 radical (unpaired) electrons. The standard InChI is InChI=1S/C23H22N4O3/c24-20(13-26-23(29)19-14-30-21-4-2-1-3-18(19)21)15-5-7-16(8-6-15)22(28)27-17-9-11-25-12-10-17/h1-12,19-20H,13-14,24H2,(H,26,29)(H,25,27,28)/t19-,20-/m0/s1. The number of nitrogens with two attached hydrogens (primary N) is 1. The zero-order chi connectivity index (χ0) is 20.9. The smallest absolute Gasteiger partial charge is 0.255 e. The fourth-order valence-corrected chi connectivity index (χ4v) is 3.35. The third-order valence-electron chi connectivity index (χ3n) is 5.05. The Labute approximate surface area is 174 Å². The van der Waals surface area contributed by atoms with Gasteiger partial charge < -0.3 is 21.1 Å². The molecular formula is C23H22N4O3. The summed E-state index contributed by atoms with van der Waals surface area (Å²) in [6.07, 6.45) is 3.23. The Morgan fingerprint density at radius 1 is 1.07 bits per heavy atom. The van der Waals surface area contributed by atoms with Crippen LogP contribution in [-0.4, -0.2) is 29.9 Å². The Morgan fingerprint density at radius 2 is 1.80 bits per heavy atom. The number of hydrogen-bond acceptors (Lipinski definition) is 5. The summed E-state index contributed by atoms with van der Waals surface area (Å²) in [7, 11) is 0. The van der Waals surface area contributed by atoms with E-state index in [-0.39, 0.29) is 23.8 Å². The lowest BCUT2D eigenvalue weighted by Gasteiger charge is -2.16. The minimum Gasteiger partial charge on any atom is -0.492 e. The molecule has 2 amide bonds. The molecule has 0 aliphatic carbocycles. The molecule has 0 saturated carbocycles. The van der Waals surface area contributed by atoms with Crippen LogP contribution in [-0.2, 0) is 4.79 Å². The number of nitrogens with zero attached hydrogens (tertiary/aromatic N) is 1. The van der Waals surface area contributed by atoms with Crippen LogP contribution in [0, 0.1) is 0 Å². The Hall–Kier alpha value is -3.71. The maximum Gasteiger partial charge on any atom is 0.255 e. The van der Waals surface area contributed by atoms with Gasteiger partial charge in [0.05, 0.1) is 0 Å². The first-order valence-corrected chi connectivity index (χ1v) is 9.68. The lowest BCUT2D eigenvalue weighted by atomic mass is 10.00. The third kappa shape index (κ3) is 4.31. The normalized spacial score (nSPS) is 15.6. The predicted molar refractivity (Wildman–Crippen MR) is 113 cm³/mol. The van der Waals surface area contributed by atoms with Crippen molar-refractivity contribution < 1.29 is 14.3 Å². The minimum atomic E-state index is -0.385. The van der Waals surface area contributed by atoms with E-state index < -0.39 is 0 Å². The molecule has 1 aromatic heterocycles. The second-order valence-corrected chi connectivity index (χ2v) is 7.07. The van der Waals surface area contributed by atoms with Gasteiger partial charge in [0, 0.05) is 41.8 Å². The van der Waals surface area contributed by atoms with Crippen LogP contribution >= 0.6 is 0 Å². The largest absolute Gasteiger partial charge is 0.492 e. The maximum atomic E-state index is 12.6. The molecule has 1 aliphatic heterocycles. The molecule has 4 N–H and O–H groups in total. The van der Waals surface area contributed by atoms with Crippen molar-refractivity contribution in [2.45, 2.75) is 12.0 Å². The van der Waals surface area contributed by atoms with E-state index in [4.69, 9.17) is 10.5 Å². The molecule has 7 nitrogen and oxygen atoms in total. The lowest BCUT2D eigenvalue weighted by Crippen LogP contribution is -2.35. The molecule has 0 saturated heterocycles. The van der Waals surface area contributed by atoms with E-state index in [0.29, 0.717) is 24.4 Å². The average Bonchev–Trinajstić information content (AvgIpc) is 3.22. The first kappa shape index (κ1) is 19.6. The van der Waals surface area contributed by atoms with Gasteiger partial charge in [0.2, 0.25) is 5.91 Å². The number of anilines is 1. The quantitative estimate of drug-likeness (QED) is 0.588. The van der Waals surface area contributed by atoms with Crippen LogP contribution in [0.2, 0.25) is 0 Å².